The van der Waals surface area contributed by atoms with Crippen molar-refractivity contribution < 1.29 is 17.5 Å². The molecule has 1 aromatic rings. The van der Waals surface area contributed by atoms with Gasteiger partial charge in [0.1, 0.15) is 5.61 Å². The van der Waals surface area contributed by atoms with Crippen molar-refractivity contribution in [2.75, 3.05) is 0 Å². The minimum absolute atomic E-state index is 0.0414. The SMILES string of the molecule is CC(C)c1cccc(C(C)C)c1[N+]1=C([B-](F)(F)F)[C@@]2(C)CC[C@]1(C)C[C@H]2C. The largest absolute Gasteiger partial charge is 0.568 e. The summed E-state index contributed by atoms with van der Waals surface area (Å²) in [4.78, 5) is 0. The standard InChI is InChI=1S/C22H33BF3N/c1-14(2)17-9-8-10-18(15(3)4)19(17)27-20(23(24,25)26)22(7)12-11-21(27,6)13-16(22)5/h8-10,14-16H,11-13H2,1-7H3/t16-,21-,22+/m1/s1. The number of para-hydroxylation sites is 1. The zero-order valence-electron chi connectivity index (χ0n) is 17.7. The molecule has 0 radical (unpaired) electrons. The molecule has 4 rings (SSSR count). The molecule has 1 fully saturated rings. The molecular weight excluding hydrogens is 346 g/mol. The van der Waals surface area contributed by atoms with Crippen LogP contribution in [0.5, 0.6) is 0 Å². The van der Waals surface area contributed by atoms with Gasteiger partial charge in [-0.15, -0.1) is 0 Å². The molecule has 3 aliphatic rings. The molecule has 1 aromatic carbocycles. The van der Waals surface area contributed by atoms with Crippen molar-refractivity contribution >= 4 is 18.3 Å². The molecule has 0 aromatic heterocycles. The summed E-state index contributed by atoms with van der Waals surface area (Å²) in [7, 11) is 0. The van der Waals surface area contributed by atoms with Gasteiger partial charge in [0.25, 0.3) is 0 Å². The van der Waals surface area contributed by atoms with Gasteiger partial charge < -0.3 is 12.9 Å². The summed E-state index contributed by atoms with van der Waals surface area (Å²) in [6.45, 7) is 9.14. The lowest BCUT2D eigenvalue weighted by Gasteiger charge is -2.54. The van der Waals surface area contributed by atoms with E-state index in [1.807, 2.05) is 39.0 Å². The molecule has 0 saturated heterocycles. The van der Waals surface area contributed by atoms with Gasteiger partial charge in [-0.2, -0.15) is 0 Å². The lowest BCUT2D eigenvalue weighted by molar-refractivity contribution is -0.556. The Morgan fingerprint density at radius 2 is 1.52 bits per heavy atom. The smallest absolute Gasteiger partial charge is 0.441 e. The minimum Gasteiger partial charge on any atom is -0.441 e. The Morgan fingerprint density at radius 1 is 1.00 bits per heavy atom. The van der Waals surface area contributed by atoms with Crippen LogP contribution in [0.25, 0.3) is 0 Å². The first-order chi connectivity index (χ1) is 12.3. The van der Waals surface area contributed by atoms with E-state index >= 15 is 0 Å². The van der Waals surface area contributed by atoms with Crippen LogP contribution in [0.3, 0.4) is 0 Å². The Labute approximate surface area is 162 Å². The first-order valence-corrected chi connectivity index (χ1v) is 10.3. The normalized spacial score (nSPS) is 31.3. The van der Waals surface area contributed by atoms with E-state index in [1.54, 1.807) is 4.58 Å². The lowest BCUT2D eigenvalue weighted by atomic mass is 9.50. The van der Waals surface area contributed by atoms with Crippen molar-refractivity contribution in [1.29, 1.82) is 0 Å². The number of rotatable bonds is 4. The van der Waals surface area contributed by atoms with Gasteiger partial charge in [-0.3, -0.25) is 0 Å². The number of fused-ring (bicyclic) bond motifs is 2. The Kier molecular flexibility index (Phi) is 4.84. The molecule has 3 atom stereocenters. The fourth-order valence-electron chi connectivity index (χ4n) is 5.57. The summed E-state index contributed by atoms with van der Waals surface area (Å²) in [6.07, 6.45) is 2.25. The monoisotopic (exact) mass is 379 g/mol. The molecule has 0 spiro atoms. The third-order valence-corrected chi connectivity index (χ3v) is 7.26. The first-order valence-electron chi connectivity index (χ1n) is 10.3. The predicted octanol–water partition coefficient (Wildman–Crippen LogP) is 7.00. The Balaban J connectivity index is 2.48. The highest BCUT2D eigenvalue weighted by molar-refractivity contribution is 6.92. The lowest BCUT2D eigenvalue weighted by Crippen LogP contribution is -2.65. The van der Waals surface area contributed by atoms with Crippen LogP contribution in [-0.4, -0.2) is 22.7 Å². The van der Waals surface area contributed by atoms with Crippen LogP contribution in [0.15, 0.2) is 18.2 Å². The molecule has 2 aliphatic heterocycles. The molecule has 0 unspecified atom stereocenters. The summed E-state index contributed by atoms with van der Waals surface area (Å²) in [5, 5.41) is 0. The maximum absolute atomic E-state index is 14.6. The van der Waals surface area contributed by atoms with Gasteiger partial charge in [-0.25, -0.2) is 4.58 Å². The van der Waals surface area contributed by atoms with Crippen LogP contribution in [0.2, 0.25) is 0 Å². The van der Waals surface area contributed by atoms with Crippen molar-refractivity contribution in [1.82, 2.24) is 0 Å². The summed E-state index contributed by atoms with van der Waals surface area (Å²) in [5.74, 6) is 0.393. The quantitative estimate of drug-likeness (QED) is 0.391. The van der Waals surface area contributed by atoms with E-state index in [0.717, 1.165) is 29.7 Å². The Morgan fingerprint density at radius 3 is 1.93 bits per heavy atom. The molecule has 5 heteroatoms. The van der Waals surface area contributed by atoms with Gasteiger partial charge in [0.2, 0.25) is 5.69 Å². The number of nitrogens with zero attached hydrogens (tertiary/aromatic N) is 1. The fraction of sp³-hybridized carbons (Fsp3) is 0.682. The predicted molar refractivity (Wildman–Crippen MR) is 108 cm³/mol. The second-order valence-corrected chi connectivity index (χ2v) is 9.91. The molecule has 0 N–H and O–H groups in total. The summed E-state index contributed by atoms with van der Waals surface area (Å²) in [5.41, 5.74) is 1.36. The highest BCUT2D eigenvalue weighted by atomic mass is 19.4. The van der Waals surface area contributed by atoms with E-state index in [2.05, 4.69) is 27.7 Å². The first kappa shape index (κ1) is 20.5. The summed E-state index contributed by atoms with van der Waals surface area (Å²) < 4.78 is 45.5. The molecule has 2 bridgehead atoms. The van der Waals surface area contributed by atoms with Gasteiger partial charge in [0.05, 0.1) is 0 Å². The van der Waals surface area contributed by atoms with Crippen molar-refractivity contribution in [3.63, 3.8) is 0 Å². The van der Waals surface area contributed by atoms with Gasteiger partial charge in [-0.1, -0.05) is 59.7 Å². The van der Waals surface area contributed by atoms with E-state index in [0.29, 0.717) is 6.42 Å². The number of hydrogen-bond acceptors (Lipinski definition) is 0. The van der Waals surface area contributed by atoms with E-state index in [4.69, 9.17) is 0 Å². The summed E-state index contributed by atoms with van der Waals surface area (Å²) >= 11 is 0. The van der Waals surface area contributed by atoms with Crippen LogP contribution in [0.4, 0.5) is 18.6 Å². The van der Waals surface area contributed by atoms with E-state index in [1.165, 1.54) is 0 Å². The van der Waals surface area contributed by atoms with Crippen LogP contribution in [0, 0.1) is 11.3 Å². The zero-order chi connectivity index (χ0) is 20.4. The molecule has 27 heavy (non-hydrogen) atoms. The van der Waals surface area contributed by atoms with E-state index < -0.39 is 17.9 Å². The minimum atomic E-state index is -5.08. The molecule has 0 amide bonds. The van der Waals surface area contributed by atoms with Crippen LogP contribution >= 0.6 is 0 Å². The van der Waals surface area contributed by atoms with Crippen molar-refractivity contribution in [3.8, 4) is 0 Å². The third-order valence-electron chi connectivity index (χ3n) is 7.26. The van der Waals surface area contributed by atoms with Gasteiger partial charge in [0, 0.05) is 36.3 Å². The zero-order valence-corrected chi connectivity index (χ0v) is 17.7. The maximum Gasteiger partial charge on any atom is 0.568 e. The molecule has 1 aliphatic carbocycles. The second-order valence-electron chi connectivity index (χ2n) is 9.91. The molecule has 1 nitrogen and oxygen atoms in total. The van der Waals surface area contributed by atoms with Gasteiger partial charge in [-0.05, 0) is 24.2 Å². The van der Waals surface area contributed by atoms with Crippen molar-refractivity contribution in [3.05, 3.63) is 29.3 Å². The molecule has 2 heterocycles. The number of halogens is 3. The Hall–Kier alpha value is -1.26. The van der Waals surface area contributed by atoms with Crippen LogP contribution < -0.4 is 0 Å². The van der Waals surface area contributed by atoms with E-state index in [-0.39, 0.29) is 23.4 Å². The average Bonchev–Trinajstić information content (AvgIpc) is 2.54. The van der Waals surface area contributed by atoms with Crippen LogP contribution in [-0.2, 0) is 0 Å². The molecule has 1 saturated carbocycles. The van der Waals surface area contributed by atoms with Gasteiger partial charge >= 0.3 is 6.98 Å². The number of hydrogen-bond donors (Lipinski definition) is 0. The average molecular weight is 379 g/mol. The third kappa shape index (κ3) is 3.05. The van der Waals surface area contributed by atoms with E-state index in [9.17, 15) is 12.9 Å². The fourth-order valence-corrected chi connectivity index (χ4v) is 5.57. The molecular formula is C22H33BF3N. The van der Waals surface area contributed by atoms with Gasteiger partial charge in [0.15, 0.2) is 5.54 Å². The highest BCUT2D eigenvalue weighted by Crippen LogP contribution is 2.56. The topological polar surface area (TPSA) is 3.01 Å². The van der Waals surface area contributed by atoms with Crippen LogP contribution in [0.1, 0.15) is 90.7 Å². The highest BCUT2D eigenvalue weighted by Gasteiger charge is 2.64. The van der Waals surface area contributed by atoms with Crippen molar-refractivity contribution in [2.45, 2.75) is 85.1 Å². The summed E-state index contributed by atoms with van der Waals surface area (Å²) in [6, 6.07) is 6.04. The van der Waals surface area contributed by atoms with Crippen molar-refractivity contribution in [2.24, 2.45) is 11.3 Å². The molecule has 150 valence electrons. The second kappa shape index (κ2) is 6.38. The Bertz CT molecular complexity index is 754. The maximum atomic E-state index is 14.6. The number of benzene rings is 1.